The monoisotopic (exact) mass is 370 g/mol. The van der Waals surface area contributed by atoms with Gasteiger partial charge in [-0.1, -0.05) is 45.2 Å². The number of rotatable bonds is 2. The van der Waals surface area contributed by atoms with Gasteiger partial charge in [-0.05, 0) is 41.5 Å². The molecule has 5 heteroatoms. The van der Waals surface area contributed by atoms with Gasteiger partial charge >= 0.3 is 0 Å². The maximum atomic E-state index is 6.20. The maximum absolute atomic E-state index is 6.20. The highest BCUT2D eigenvalue weighted by Crippen LogP contribution is 2.36. The highest BCUT2D eigenvalue weighted by atomic mass is 79.9. The topological polar surface area (TPSA) is 29.3 Å². The second-order valence-corrected chi connectivity index (χ2v) is 6.67. The van der Waals surface area contributed by atoms with Gasteiger partial charge in [0.15, 0.2) is 0 Å². The molecule has 0 fully saturated rings. The van der Waals surface area contributed by atoms with Gasteiger partial charge in [0, 0.05) is 29.3 Å². The molecule has 1 aliphatic heterocycles. The first-order chi connectivity index (χ1) is 9.54. The second kappa shape index (κ2) is 5.57. The van der Waals surface area contributed by atoms with Crippen molar-refractivity contribution in [2.24, 2.45) is 5.73 Å². The van der Waals surface area contributed by atoms with E-state index in [0.717, 1.165) is 23.1 Å². The molecule has 0 saturated carbocycles. The summed E-state index contributed by atoms with van der Waals surface area (Å²) in [7, 11) is 0. The molecule has 2 nitrogen and oxygen atoms in total. The van der Waals surface area contributed by atoms with Crippen molar-refractivity contribution in [2.45, 2.75) is 12.6 Å². The molecule has 0 spiro atoms. The predicted molar refractivity (Wildman–Crippen MR) is 88.6 cm³/mol. The van der Waals surface area contributed by atoms with E-state index in [4.69, 9.17) is 28.9 Å². The fourth-order valence-electron chi connectivity index (χ4n) is 2.55. The van der Waals surface area contributed by atoms with Crippen LogP contribution in [0.3, 0.4) is 0 Å². The van der Waals surface area contributed by atoms with Crippen LogP contribution in [0.5, 0.6) is 0 Å². The fourth-order valence-corrected chi connectivity index (χ4v) is 3.25. The molecule has 0 bridgehead atoms. The molecule has 1 unspecified atom stereocenters. The van der Waals surface area contributed by atoms with Crippen LogP contribution in [0, 0.1) is 0 Å². The van der Waals surface area contributed by atoms with Crippen molar-refractivity contribution in [3.05, 3.63) is 62.0 Å². The summed E-state index contributed by atoms with van der Waals surface area (Å²) in [6.45, 7) is 1.59. The van der Waals surface area contributed by atoms with E-state index < -0.39 is 0 Å². The van der Waals surface area contributed by atoms with Crippen LogP contribution >= 0.6 is 39.1 Å². The van der Waals surface area contributed by atoms with Gasteiger partial charge in [0.25, 0.3) is 0 Å². The van der Waals surface area contributed by atoms with Crippen LogP contribution in [0.15, 0.2) is 40.9 Å². The summed E-state index contributed by atoms with van der Waals surface area (Å²) in [5, 5.41) is 1.17. The van der Waals surface area contributed by atoms with Gasteiger partial charge < -0.3 is 10.6 Å². The Balaban J connectivity index is 1.88. The SMILES string of the molecule is NC1CN(Cc2ccc(Cl)c(Cl)c2)c2ccc(Br)cc21. The number of hydrogen-bond acceptors (Lipinski definition) is 2. The second-order valence-electron chi connectivity index (χ2n) is 4.94. The molecular weight excluding hydrogens is 359 g/mol. The summed E-state index contributed by atoms with van der Waals surface area (Å²) in [5.74, 6) is 0. The Morgan fingerprint density at radius 2 is 1.95 bits per heavy atom. The molecule has 2 aromatic carbocycles. The molecule has 1 atom stereocenters. The van der Waals surface area contributed by atoms with Gasteiger partial charge in [0.2, 0.25) is 0 Å². The van der Waals surface area contributed by atoms with Crippen LogP contribution in [-0.4, -0.2) is 6.54 Å². The van der Waals surface area contributed by atoms with E-state index in [9.17, 15) is 0 Å². The molecule has 2 aromatic rings. The van der Waals surface area contributed by atoms with Gasteiger partial charge in [-0.15, -0.1) is 0 Å². The Morgan fingerprint density at radius 3 is 2.70 bits per heavy atom. The van der Waals surface area contributed by atoms with Crippen LogP contribution in [-0.2, 0) is 6.54 Å². The van der Waals surface area contributed by atoms with Gasteiger partial charge in [0.05, 0.1) is 10.0 Å². The summed E-state index contributed by atoms with van der Waals surface area (Å²) in [4.78, 5) is 2.27. The first-order valence-electron chi connectivity index (χ1n) is 6.28. The normalized spacial score (nSPS) is 17.4. The zero-order valence-electron chi connectivity index (χ0n) is 10.6. The number of nitrogens with zero attached hydrogens (tertiary/aromatic N) is 1. The molecule has 1 heterocycles. The highest BCUT2D eigenvalue weighted by Gasteiger charge is 2.26. The van der Waals surface area contributed by atoms with Gasteiger partial charge in [-0.3, -0.25) is 0 Å². The lowest BCUT2D eigenvalue weighted by Crippen LogP contribution is -2.23. The Hall–Kier alpha value is -0.740. The number of benzene rings is 2. The van der Waals surface area contributed by atoms with Gasteiger partial charge in [0.1, 0.15) is 0 Å². The zero-order valence-corrected chi connectivity index (χ0v) is 13.7. The molecule has 2 N–H and O–H groups in total. The lowest BCUT2D eigenvalue weighted by atomic mass is 10.1. The number of halogens is 3. The van der Waals surface area contributed by atoms with Gasteiger partial charge in [-0.25, -0.2) is 0 Å². The number of nitrogens with two attached hydrogens (primary N) is 1. The van der Waals surface area contributed by atoms with Crippen LogP contribution in [0.2, 0.25) is 10.0 Å². The van der Waals surface area contributed by atoms with E-state index in [0.29, 0.717) is 10.0 Å². The van der Waals surface area contributed by atoms with E-state index in [-0.39, 0.29) is 6.04 Å². The quantitative estimate of drug-likeness (QED) is 0.823. The van der Waals surface area contributed by atoms with Crippen LogP contribution in [0.1, 0.15) is 17.2 Å². The van der Waals surface area contributed by atoms with Crippen LogP contribution < -0.4 is 10.6 Å². The van der Waals surface area contributed by atoms with E-state index in [2.05, 4.69) is 33.0 Å². The first-order valence-corrected chi connectivity index (χ1v) is 7.83. The highest BCUT2D eigenvalue weighted by molar-refractivity contribution is 9.10. The first kappa shape index (κ1) is 14.2. The number of fused-ring (bicyclic) bond motifs is 1. The molecule has 0 saturated heterocycles. The molecule has 1 aliphatic rings. The third kappa shape index (κ3) is 2.68. The Kier molecular flexibility index (Phi) is 3.95. The average molecular weight is 372 g/mol. The van der Waals surface area contributed by atoms with E-state index in [1.165, 1.54) is 11.3 Å². The summed E-state index contributed by atoms with van der Waals surface area (Å²) in [6, 6.07) is 12.0. The predicted octanol–water partition coefficient (Wildman–Crippen LogP) is 4.78. The third-order valence-electron chi connectivity index (χ3n) is 3.50. The van der Waals surface area contributed by atoms with Crippen molar-refractivity contribution < 1.29 is 0 Å². The van der Waals surface area contributed by atoms with Crippen LogP contribution in [0.25, 0.3) is 0 Å². The Labute approximate surface area is 136 Å². The van der Waals surface area contributed by atoms with E-state index in [1.54, 1.807) is 0 Å². The fraction of sp³-hybridized carbons (Fsp3) is 0.200. The molecular formula is C15H13BrCl2N2. The average Bonchev–Trinajstić information content (AvgIpc) is 2.70. The minimum absolute atomic E-state index is 0.0465. The van der Waals surface area contributed by atoms with Crippen molar-refractivity contribution >= 4 is 44.8 Å². The van der Waals surface area contributed by atoms with Crippen molar-refractivity contribution in [3.63, 3.8) is 0 Å². The van der Waals surface area contributed by atoms with Crippen molar-refractivity contribution in [1.82, 2.24) is 0 Å². The smallest absolute Gasteiger partial charge is 0.0595 e. The maximum Gasteiger partial charge on any atom is 0.0595 e. The minimum Gasteiger partial charge on any atom is -0.365 e. The Morgan fingerprint density at radius 1 is 1.15 bits per heavy atom. The summed E-state index contributed by atoms with van der Waals surface area (Å²) in [6.07, 6.45) is 0. The van der Waals surface area contributed by atoms with Crippen molar-refractivity contribution in [2.75, 3.05) is 11.4 Å². The number of hydrogen-bond donors (Lipinski definition) is 1. The largest absolute Gasteiger partial charge is 0.365 e. The van der Waals surface area contributed by atoms with Crippen molar-refractivity contribution in [3.8, 4) is 0 Å². The standard InChI is InChI=1S/C15H13BrCl2N2/c16-10-2-4-15-11(6-10)14(19)8-20(15)7-9-1-3-12(17)13(18)5-9/h1-6,14H,7-8,19H2. The van der Waals surface area contributed by atoms with Gasteiger partial charge in [-0.2, -0.15) is 0 Å². The zero-order chi connectivity index (χ0) is 14.3. The lowest BCUT2D eigenvalue weighted by molar-refractivity contribution is 0.720. The molecule has 0 amide bonds. The van der Waals surface area contributed by atoms with E-state index in [1.807, 2.05) is 24.3 Å². The molecule has 0 aromatic heterocycles. The van der Waals surface area contributed by atoms with Crippen LogP contribution in [0.4, 0.5) is 5.69 Å². The summed E-state index contributed by atoms with van der Waals surface area (Å²) < 4.78 is 1.06. The van der Waals surface area contributed by atoms with Crippen molar-refractivity contribution in [1.29, 1.82) is 0 Å². The third-order valence-corrected chi connectivity index (χ3v) is 4.74. The minimum atomic E-state index is 0.0465. The molecule has 104 valence electrons. The molecule has 0 aliphatic carbocycles. The lowest BCUT2D eigenvalue weighted by Gasteiger charge is -2.20. The molecule has 20 heavy (non-hydrogen) atoms. The number of anilines is 1. The Bertz CT molecular complexity index is 660. The van der Waals surface area contributed by atoms with E-state index >= 15 is 0 Å². The molecule has 0 radical (unpaired) electrons. The summed E-state index contributed by atoms with van der Waals surface area (Å²) >= 11 is 15.5. The summed E-state index contributed by atoms with van der Waals surface area (Å²) in [5.41, 5.74) is 9.70. The molecule has 3 rings (SSSR count).